The van der Waals surface area contributed by atoms with Crippen LogP contribution in [0, 0.1) is 29.6 Å². The van der Waals surface area contributed by atoms with Crippen molar-refractivity contribution in [1.82, 2.24) is 4.90 Å². The smallest absolute Gasteiger partial charge is 0.226 e. The van der Waals surface area contributed by atoms with Gasteiger partial charge in [0.2, 0.25) is 5.91 Å². The van der Waals surface area contributed by atoms with E-state index < -0.39 is 0 Å². The number of nitrogens with zero attached hydrogens (tertiary/aromatic N) is 1. The second-order valence-electron chi connectivity index (χ2n) is 7.20. The van der Waals surface area contributed by atoms with E-state index in [1.807, 2.05) is 35.2 Å². The summed E-state index contributed by atoms with van der Waals surface area (Å²) in [6.45, 7) is 0.766. The van der Waals surface area contributed by atoms with E-state index in [9.17, 15) is 9.59 Å². The lowest BCUT2D eigenvalue weighted by Crippen LogP contribution is -2.36. The van der Waals surface area contributed by atoms with Crippen LogP contribution in [0.2, 0.25) is 0 Å². The number of carbonyl (C=O) groups is 2. The summed E-state index contributed by atoms with van der Waals surface area (Å²) in [5.41, 5.74) is 0. The van der Waals surface area contributed by atoms with Crippen LogP contribution in [-0.2, 0) is 9.59 Å². The summed E-state index contributed by atoms with van der Waals surface area (Å²) in [6.07, 6.45) is 6.49. The summed E-state index contributed by atoms with van der Waals surface area (Å²) in [5, 5.41) is 0.240. The molecular formula is C19H19NO2S. The van der Waals surface area contributed by atoms with Gasteiger partial charge in [-0.1, -0.05) is 42.1 Å². The van der Waals surface area contributed by atoms with Crippen molar-refractivity contribution in [3.63, 3.8) is 0 Å². The number of rotatable bonds is 2. The van der Waals surface area contributed by atoms with Gasteiger partial charge in [-0.05, 0) is 42.7 Å². The molecule has 0 spiro atoms. The quantitative estimate of drug-likeness (QED) is 0.620. The molecule has 1 aromatic carbocycles. The Morgan fingerprint density at radius 3 is 2.74 bits per heavy atom. The van der Waals surface area contributed by atoms with Crippen molar-refractivity contribution in [2.45, 2.75) is 23.8 Å². The number of amides is 1. The van der Waals surface area contributed by atoms with Crippen molar-refractivity contribution < 1.29 is 9.59 Å². The molecule has 118 valence electrons. The molecule has 4 aliphatic rings. The molecule has 0 N–H and O–H groups in total. The summed E-state index contributed by atoms with van der Waals surface area (Å²) >= 11 is 1.35. The van der Waals surface area contributed by atoms with Crippen molar-refractivity contribution in [2.75, 3.05) is 6.54 Å². The first-order valence-electron chi connectivity index (χ1n) is 8.49. The molecular weight excluding hydrogens is 306 g/mol. The van der Waals surface area contributed by atoms with E-state index in [2.05, 4.69) is 12.2 Å². The molecule has 0 aromatic heterocycles. The summed E-state index contributed by atoms with van der Waals surface area (Å²) < 4.78 is 0. The molecule has 2 aliphatic heterocycles. The first kappa shape index (κ1) is 13.8. The normalized spacial score (nSPS) is 39.8. The summed E-state index contributed by atoms with van der Waals surface area (Å²) in [7, 11) is 0. The molecule has 2 heterocycles. The van der Waals surface area contributed by atoms with E-state index in [4.69, 9.17) is 0 Å². The molecule has 6 atom stereocenters. The molecule has 0 unspecified atom stereocenters. The number of hydrogen-bond donors (Lipinski definition) is 0. The molecule has 5 rings (SSSR count). The van der Waals surface area contributed by atoms with Gasteiger partial charge in [0.25, 0.3) is 0 Å². The van der Waals surface area contributed by atoms with Gasteiger partial charge in [0.05, 0.1) is 5.92 Å². The van der Waals surface area contributed by atoms with Crippen LogP contribution in [-0.4, -0.2) is 28.5 Å². The highest BCUT2D eigenvalue weighted by Crippen LogP contribution is 2.58. The van der Waals surface area contributed by atoms with Crippen molar-refractivity contribution in [3.05, 3.63) is 42.5 Å². The van der Waals surface area contributed by atoms with Gasteiger partial charge in [0.15, 0.2) is 5.12 Å². The fraction of sp³-hybridized carbons (Fsp3) is 0.474. The highest BCUT2D eigenvalue weighted by Gasteiger charge is 2.63. The lowest BCUT2D eigenvalue weighted by atomic mass is 9.78. The standard InChI is InChI=1S/C19H19NO2S/c21-18-16-12-7-6-11(10-12)15(16)17-14(8-9-20(17)18)19(22)23-13-4-2-1-3-5-13/h1-7,11-12,14-17H,8-10H2/t11-,12+,14+,15-,16+,17+/m1/s1. The highest BCUT2D eigenvalue weighted by atomic mass is 32.2. The van der Waals surface area contributed by atoms with Crippen molar-refractivity contribution in [3.8, 4) is 0 Å². The summed E-state index contributed by atoms with van der Waals surface area (Å²) in [4.78, 5) is 28.7. The SMILES string of the molecule is O=C(Sc1ccccc1)[C@H]1CCN2C(=O)[C@@H]3[C@H]([C@H]12)[C@@H]1C=C[C@H]3C1. The molecule has 0 radical (unpaired) electrons. The van der Waals surface area contributed by atoms with E-state index in [0.29, 0.717) is 23.7 Å². The van der Waals surface area contributed by atoms with Crippen LogP contribution in [0.5, 0.6) is 0 Å². The fourth-order valence-corrected chi connectivity index (χ4v) is 6.29. The molecule has 2 bridgehead atoms. The summed E-state index contributed by atoms with van der Waals surface area (Å²) in [6, 6.07) is 10.0. The Hall–Kier alpha value is -1.55. The van der Waals surface area contributed by atoms with Gasteiger partial charge >= 0.3 is 0 Å². The maximum Gasteiger partial charge on any atom is 0.226 e. The van der Waals surface area contributed by atoms with Crippen LogP contribution < -0.4 is 0 Å². The van der Waals surface area contributed by atoms with Crippen molar-refractivity contribution in [2.24, 2.45) is 29.6 Å². The van der Waals surface area contributed by atoms with Gasteiger partial charge in [-0.2, -0.15) is 0 Å². The predicted molar refractivity (Wildman–Crippen MR) is 88.6 cm³/mol. The van der Waals surface area contributed by atoms with Crippen LogP contribution in [0.1, 0.15) is 12.8 Å². The van der Waals surface area contributed by atoms with Crippen LogP contribution in [0.15, 0.2) is 47.4 Å². The topological polar surface area (TPSA) is 37.4 Å². The largest absolute Gasteiger partial charge is 0.338 e. The lowest BCUT2D eigenvalue weighted by molar-refractivity contribution is -0.131. The van der Waals surface area contributed by atoms with Crippen LogP contribution >= 0.6 is 11.8 Å². The number of carbonyl (C=O) groups excluding carboxylic acids is 2. The van der Waals surface area contributed by atoms with Gasteiger partial charge in [-0.25, -0.2) is 0 Å². The molecule has 3 nitrogen and oxygen atoms in total. The maximum atomic E-state index is 12.9. The average Bonchev–Trinajstić information content (AvgIpc) is 3.30. The zero-order valence-corrected chi connectivity index (χ0v) is 13.6. The molecule has 1 amide bonds. The minimum Gasteiger partial charge on any atom is -0.338 e. The van der Waals surface area contributed by atoms with Crippen molar-refractivity contribution >= 4 is 22.8 Å². The predicted octanol–water partition coefficient (Wildman–Crippen LogP) is 2.97. The Kier molecular flexibility index (Phi) is 2.99. The molecule has 3 fully saturated rings. The van der Waals surface area contributed by atoms with Gasteiger partial charge in [-0.3, -0.25) is 9.59 Å². The third-order valence-electron chi connectivity index (χ3n) is 6.20. The fourth-order valence-electron chi connectivity index (χ4n) is 5.35. The zero-order chi connectivity index (χ0) is 15.6. The van der Waals surface area contributed by atoms with Crippen LogP contribution in [0.4, 0.5) is 0 Å². The first-order valence-corrected chi connectivity index (χ1v) is 9.31. The molecule has 2 saturated heterocycles. The molecule has 2 aliphatic carbocycles. The van der Waals surface area contributed by atoms with Gasteiger partial charge in [-0.15, -0.1) is 0 Å². The van der Waals surface area contributed by atoms with Gasteiger partial charge in [0.1, 0.15) is 0 Å². The van der Waals surface area contributed by atoms with E-state index in [1.165, 1.54) is 11.8 Å². The Balaban J connectivity index is 1.41. The molecule has 23 heavy (non-hydrogen) atoms. The van der Waals surface area contributed by atoms with Crippen LogP contribution in [0.3, 0.4) is 0 Å². The third kappa shape index (κ3) is 1.90. The van der Waals surface area contributed by atoms with E-state index in [0.717, 1.165) is 24.3 Å². The molecule has 4 heteroatoms. The highest BCUT2D eigenvalue weighted by molar-refractivity contribution is 8.13. The Morgan fingerprint density at radius 2 is 1.91 bits per heavy atom. The third-order valence-corrected chi connectivity index (χ3v) is 7.21. The van der Waals surface area contributed by atoms with E-state index >= 15 is 0 Å². The number of hydrogen-bond acceptors (Lipinski definition) is 3. The van der Waals surface area contributed by atoms with E-state index in [1.54, 1.807) is 0 Å². The number of benzene rings is 1. The zero-order valence-electron chi connectivity index (χ0n) is 12.8. The minimum absolute atomic E-state index is 0.00639. The summed E-state index contributed by atoms with van der Waals surface area (Å²) in [5.74, 6) is 1.81. The average molecular weight is 325 g/mol. The first-order chi connectivity index (χ1) is 11.2. The number of allylic oxidation sites excluding steroid dienone is 2. The van der Waals surface area contributed by atoms with E-state index in [-0.39, 0.29) is 23.0 Å². The van der Waals surface area contributed by atoms with Crippen LogP contribution in [0.25, 0.3) is 0 Å². The Labute approximate surface area is 140 Å². The molecule has 1 saturated carbocycles. The minimum atomic E-state index is 0.00639. The van der Waals surface area contributed by atoms with Gasteiger partial charge in [0, 0.05) is 23.4 Å². The Morgan fingerprint density at radius 1 is 1.13 bits per heavy atom. The van der Waals surface area contributed by atoms with Crippen molar-refractivity contribution in [1.29, 1.82) is 0 Å². The lowest BCUT2D eigenvalue weighted by Gasteiger charge is -2.27. The second-order valence-corrected chi connectivity index (χ2v) is 8.28. The monoisotopic (exact) mass is 325 g/mol. The Bertz CT molecular complexity index is 701. The second kappa shape index (κ2) is 4.97. The maximum absolute atomic E-state index is 12.9. The molecule has 1 aromatic rings. The van der Waals surface area contributed by atoms with Gasteiger partial charge < -0.3 is 4.90 Å². The number of fused-ring (bicyclic) bond motifs is 7. The number of thioether (sulfide) groups is 1.